The summed E-state index contributed by atoms with van der Waals surface area (Å²) in [6.07, 6.45) is 1.14. The van der Waals surface area contributed by atoms with Gasteiger partial charge in [0.05, 0.1) is 6.04 Å². The van der Waals surface area contributed by atoms with Crippen molar-refractivity contribution in [3.05, 3.63) is 26.4 Å². The van der Waals surface area contributed by atoms with Crippen LogP contribution >= 0.6 is 0 Å². The first-order chi connectivity index (χ1) is 10.6. The lowest BCUT2D eigenvalue weighted by Crippen LogP contribution is -2.50. The molecule has 0 aliphatic carbocycles. The normalized spacial score (nSPS) is 23.7. The maximum absolute atomic E-state index is 12.9. The van der Waals surface area contributed by atoms with Gasteiger partial charge in [0, 0.05) is 27.2 Å². The van der Waals surface area contributed by atoms with Gasteiger partial charge in [-0.15, -0.1) is 0 Å². The van der Waals surface area contributed by atoms with Gasteiger partial charge in [0.2, 0.25) is 0 Å². The lowest BCUT2D eigenvalue weighted by molar-refractivity contribution is 0.0685. The smallest absolute Gasteiger partial charge is 0.332 e. The van der Waals surface area contributed by atoms with E-state index in [1.807, 2.05) is 0 Å². The van der Waals surface area contributed by atoms with E-state index in [1.165, 1.54) is 14.1 Å². The third-order valence-corrected chi connectivity index (χ3v) is 4.78. The van der Waals surface area contributed by atoms with Gasteiger partial charge < -0.3 is 5.73 Å². The van der Waals surface area contributed by atoms with E-state index in [2.05, 4.69) is 18.7 Å². The Balaban J connectivity index is 2.41. The first kappa shape index (κ1) is 17.5. The van der Waals surface area contributed by atoms with Gasteiger partial charge in [0.15, 0.2) is 5.78 Å². The molecule has 0 bridgehead atoms. The van der Waals surface area contributed by atoms with E-state index in [0.29, 0.717) is 11.8 Å². The number of hydrogen-bond acceptors (Lipinski definition) is 5. The lowest BCUT2D eigenvalue weighted by Gasteiger charge is -2.38. The van der Waals surface area contributed by atoms with Crippen LogP contribution in [-0.2, 0) is 14.1 Å². The third kappa shape index (κ3) is 3.10. The maximum Gasteiger partial charge on any atom is 0.332 e. The van der Waals surface area contributed by atoms with E-state index in [0.717, 1.165) is 28.6 Å². The quantitative estimate of drug-likeness (QED) is 0.804. The van der Waals surface area contributed by atoms with Crippen LogP contribution in [0.1, 0.15) is 37.6 Å². The summed E-state index contributed by atoms with van der Waals surface area (Å²) in [4.78, 5) is 39.2. The van der Waals surface area contributed by atoms with Crippen LogP contribution in [0.15, 0.2) is 9.59 Å². The molecule has 128 valence electrons. The fraction of sp³-hybridized carbons (Fsp3) is 0.688. The Morgan fingerprint density at radius 3 is 2.17 bits per heavy atom. The number of anilines is 1. The molecule has 0 spiro atoms. The van der Waals surface area contributed by atoms with Crippen molar-refractivity contribution in [1.82, 2.24) is 14.0 Å². The predicted octanol–water partition coefficient (Wildman–Crippen LogP) is 0.215. The summed E-state index contributed by atoms with van der Waals surface area (Å²) >= 11 is 0. The maximum atomic E-state index is 12.9. The van der Waals surface area contributed by atoms with Crippen molar-refractivity contribution in [3.8, 4) is 0 Å². The average Bonchev–Trinajstić information content (AvgIpc) is 2.49. The molecule has 23 heavy (non-hydrogen) atoms. The molecule has 0 radical (unpaired) electrons. The molecule has 1 saturated heterocycles. The molecule has 0 unspecified atom stereocenters. The van der Waals surface area contributed by atoms with E-state index in [1.54, 1.807) is 6.92 Å². The van der Waals surface area contributed by atoms with Crippen LogP contribution in [0.5, 0.6) is 0 Å². The summed E-state index contributed by atoms with van der Waals surface area (Å²) in [6, 6.07) is -0.437. The van der Waals surface area contributed by atoms with Gasteiger partial charge >= 0.3 is 5.69 Å². The van der Waals surface area contributed by atoms with Crippen LogP contribution in [0.3, 0.4) is 0 Å². The Hall–Kier alpha value is -1.89. The summed E-state index contributed by atoms with van der Waals surface area (Å²) in [6.45, 7) is 7.78. The number of nitrogens with zero attached hydrogens (tertiary/aromatic N) is 3. The van der Waals surface area contributed by atoms with Gasteiger partial charge in [0.25, 0.3) is 5.56 Å². The van der Waals surface area contributed by atoms with E-state index < -0.39 is 17.3 Å². The van der Waals surface area contributed by atoms with E-state index in [9.17, 15) is 14.4 Å². The standard InChI is InChI=1S/C16H26N4O3/c1-9-6-10(2)8-20(7-9)11(3)13(21)12-14(17)18(4)16(23)19(5)15(12)22/h9-11H,6-8,17H2,1-5H3/t9-,10-,11-/m1/s1. The van der Waals surface area contributed by atoms with Crippen LogP contribution in [0.25, 0.3) is 0 Å². The molecule has 1 aliphatic rings. The molecular formula is C16H26N4O3. The van der Waals surface area contributed by atoms with Crippen molar-refractivity contribution in [3.63, 3.8) is 0 Å². The van der Waals surface area contributed by atoms with E-state index in [-0.39, 0.29) is 17.2 Å². The number of carbonyl (C=O) groups excluding carboxylic acids is 1. The molecule has 1 aromatic heterocycles. The lowest BCUT2D eigenvalue weighted by atomic mass is 9.90. The van der Waals surface area contributed by atoms with Crippen molar-refractivity contribution < 1.29 is 4.79 Å². The Morgan fingerprint density at radius 1 is 1.13 bits per heavy atom. The van der Waals surface area contributed by atoms with Gasteiger partial charge in [-0.3, -0.25) is 23.6 Å². The van der Waals surface area contributed by atoms with Crippen LogP contribution < -0.4 is 17.0 Å². The van der Waals surface area contributed by atoms with Crippen LogP contribution in [0, 0.1) is 11.8 Å². The number of Topliss-reactive ketones (excluding diaryl/α,β-unsaturated/α-hetero) is 1. The second kappa shape index (κ2) is 6.31. The van der Waals surface area contributed by atoms with Crippen molar-refractivity contribution in [1.29, 1.82) is 0 Å². The van der Waals surface area contributed by atoms with Crippen molar-refractivity contribution >= 4 is 11.6 Å². The highest BCUT2D eigenvalue weighted by Crippen LogP contribution is 2.24. The highest BCUT2D eigenvalue weighted by atomic mass is 16.2. The highest BCUT2D eigenvalue weighted by Gasteiger charge is 2.32. The molecule has 2 heterocycles. The Bertz CT molecular complexity index is 724. The minimum Gasteiger partial charge on any atom is -0.384 e. The molecule has 7 heteroatoms. The number of carbonyl (C=O) groups is 1. The number of nitrogens with two attached hydrogens (primary N) is 1. The molecular weight excluding hydrogens is 296 g/mol. The Labute approximate surface area is 135 Å². The van der Waals surface area contributed by atoms with E-state index >= 15 is 0 Å². The van der Waals surface area contributed by atoms with Gasteiger partial charge in [-0.2, -0.15) is 0 Å². The molecule has 1 aromatic rings. The van der Waals surface area contributed by atoms with Crippen molar-refractivity contribution in [2.75, 3.05) is 18.8 Å². The Kier molecular flexibility index (Phi) is 4.79. The summed E-state index contributed by atoms with van der Waals surface area (Å²) in [7, 11) is 2.82. The third-order valence-electron chi connectivity index (χ3n) is 4.78. The summed E-state index contributed by atoms with van der Waals surface area (Å²) in [5.74, 6) is 0.636. The number of ketones is 1. The topological polar surface area (TPSA) is 90.3 Å². The number of piperidine rings is 1. The molecule has 0 saturated carbocycles. The number of hydrogen-bond donors (Lipinski definition) is 1. The predicted molar refractivity (Wildman–Crippen MR) is 89.6 cm³/mol. The van der Waals surface area contributed by atoms with Gasteiger partial charge in [-0.25, -0.2) is 4.79 Å². The SMILES string of the molecule is C[C@@H]1C[C@@H](C)CN([C@H](C)C(=O)c2c(N)n(C)c(=O)n(C)c2=O)C1. The molecule has 1 fully saturated rings. The number of aromatic nitrogens is 2. The first-order valence-corrected chi connectivity index (χ1v) is 7.98. The molecule has 2 rings (SSSR count). The largest absolute Gasteiger partial charge is 0.384 e. The summed E-state index contributed by atoms with van der Waals surface area (Å²) in [5, 5.41) is 0. The molecule has 1 aliphatic heterocycles. The van der Waals surface area contributed by atoms with Gasteiger partial charge in [-0.1, -0.05) is 13.8 Å². The first-order valence-electron chi connectivity index (χ1n) is 7.98. The van der Waals surface area contributed by atoms with Crippen LogP contribution in [0.4, 0.5) is 5.82 Å². The van der Waals surface area contributed by atoms with Gasteiger partial charge in [0.1, 0.15) is 11.4 Å². The Morgan fingerprint density at radius 2 is 1.65 bits per heavy atom. The number of rotatable bonds is 3. The van der Waals surface area contributed by atoms with Crippen LogP contribution in [-0.4, -0.2) is 38.9 Å². The number of likely N-dealkylation sites (tertiary alicyclic amines) is 1. The summed E-state index contributed by atoms with van der Waals surface area (Å²) in [5.41, 5.74) is 4.64. The van der Waals surface area contributed by atoms with Gasteiger partial charge in [-0.05, 0) is 25.2 Å². The van der Waals surface area contributed by atoms with Crippen LogP contribution in [0.2, 0.25) is 0 Å². The van der Waals surface area contributed by atoms with E-state index in [4.69, 9.17) is 5.73 Å². The minimum atomic E-state index is -0.624. The monoisotopic (exact) mass is 322 g/mol. The van der Waals surface area contributed by atoms with Crippen molar-refractivity contribution in [2.24, 2.45) is 25.9 Å². The molecule has 0 aromatic carbocycles. The van der Waals surface area contributed by atoms with Crippen molar-refractivity contribution in [2.45, 2.75) is 33.2 Å². The highest BCUT2D eigenvalue weighted by molar-refractivity contribution is 6.03. The molecule has 0 amide bonds. The second-order valence-corrected chi connectivity index (χ2v) is 6.91. The molecule has 7 nitrogen and oxygen atoms in total. The second-order valence-electron chi connectivity index (χ2n) is 6.91. The number of nitrogen functional groups attached to an aromatic ring is 1. The zero-order chi connectivity index (χ0) is 17.5. The fourth-order valence-corrected chi connectivity index (χ4v) is 3.49. The summed E-state index contributed by atoms with van der Waals surface area (Å²) < 4.78 is 2.07. The zero-order valence-electron chi connectivity index (χ0n) is 14.5. The fourth-order valence-electron chi connectivity index (χ4n) is 3.49. The average molecular weight is 322 g/mol. The zero-order valence-corrected chi connectivity index (χ0v) is 14.5. The molecule has 2 N–H and O–H groups in total. The minimum absolute atomic E-state index is 0.0620. The molecule has 3 atom stereocenters.